The maximum Gasteiger partial charge on any atom is 0.335 e. The molecule has 3 nitrogen and oxygen atoms in total. The summed E-state index contributed by atoms with van der Waals surface area (Å²) in [5.41, 5.74) is 3.50. The molecular formula is C18H15NO2S. The smallest absolute Gasteiger partial charge is 0.335 e. The average molecular weight is 309 g/mol. The molecule has 0 amide bonds. The minimum absolute atomic E-state index is 0.320. The molecule has 0 saturated heterocycles. The molecule has 0 aliphatic heterocycles. The average Bonchev–Trinajstić information content (AvgIpc) is 2.53. The van der Waals surface area contributed by atoms with E-state index < -0.39 is 5.97 Å². The molecule has 0 unspecified atom stereocenters. The summed E-state index contributed by atoms with van der Waals surface area (Å²) in [5.74, 6) is -0.196. The highest BCUT2D eigenvalue weighted by Gasteiger charge is 2.06. The quantitative estimate of drug-likeness (QED) is 0.719. The minimum Gasteiger partial charge on any atom is -0.478 e. The second-order valence-corrected chi connectivity index (χ2v) is 6.08. The molecule has 2 aromatic carbocycles. The van der Waals surface area contributed by atoms with Gasteiger partial charge in [-0.15, -0.1) is 11.8 Å². The van der Waals surface area contributed by atoms with Crippen LogP contribution in [0.25, 0.3) is 10.9 Å². The van der Waals surface area contributed by atoms with E-state index in [0.717, 1.165) is 16.1 Å². The van der Waals surface area contributed by atoms with Gasteiger partial charge in [0.25, 0.3) is 0 Å². The molecule has 22 heavy (non-hydrogen) atoms. The van der Waals surface area contributed by atoms with Crippen molar-refractivity contribution in [2.75, 3.05) is 0 Å². The van der Waals surface area contributed by atoms with Gasteiger partial charge in [0.2, 0.25) is 0 Å². The molecule has 0 bridgehead atoms. The third kappa shape index (κ3) is 3.12. The summed E-state index contributed by atoms with van der Waals surface area (Å²) in [6.07, 6.45) is 0. The van der Waals surface area contributed by atoms with E-state index in [1.165, 1.54) is 10.9 Å². The number of aromatic carboxylic acids is 1. The number of pyridine rings is 1. The molecule has 0 atom stereocenters. The van der Waals surface area contributed by atoms with E-state index in [1.807, 2.05) is 24.3 Å². The van der Waals surface area contributed by atoms with Crippen molar-refractivity contribution in [1.82, 2.24) is 4.98 Å². The van der Waals surface area contributed by atoms with Crippen LogP contribution in [-0.4, -0.2) is 16.1 Å². The summed E-state index contributed by atoms with van der Waals surface area (Å²) in [6, 6.07) is 17.2. The van der Waals surface area contributed by atoms with E-state index in [-0.39, 0.29) is 0 Å². The summed E-state index contributed by atoms with van der Waals surface area (Å²) in [5, 5.41) is 11.2. The number of hydrogen-bond donors (Lipinski definition) is 1. The topological polar surface area (TPSA) is 50.2 Å². The third-order valence-corrected chi connectivity index (χ3v) is 4.44. The molecule has 1 N–H and O–H groups in total. The Hall–Kier alpha value is -2.33. The Bertz CT molecular complexity index is 845. The fraction of sp³-hybridized carbons (Fsp3) is 0.111. The maximum atomic E-state index is 11.0. The largest absolute Gasteiger partial charge is 0.478 e. The number of carboxylic acids is 1. The molecule has 110 valence electrons. The number of rotatable bonds is 4. The van der Waals surface area contributed by atoms with Crippen molar-refractivity contribution in [2.45, 2.75) is 17.7 Å². The van der Waals surface area contributed by atoms with Gasteiger partial charge in [0.1, 0.15) is 0 Å². The number of para-hydroxylation sites is 1. The monoisotopic (exact) mass is 309 g/mol. The van der Waals surface area contributed by atoms with Gasteiger partial charge in [-0.05, 0) is 42.3 Å². The maximum absolute atomic E-state index is 11.0. The van der Waals surface area contributed by atoms with Gasteiger partial charge in [-0.1, -0.05) is 30.3 Å². The van der Waals surface area contributed by atoms with E-state index in [4.69, 9.17) is 5.11 Å². The number of aromatic nitrogens is 1. The van der Waals surface area contributed by atoms with Crippen molar-refractivity contribution < 1.29 is 9.90 Å². The normalized spacial score (nSPS) is 10.8. The van der Waals surface area contributed by atoms with Crippen LogP contribution in [0.5, 0.6) is 0 Å². The molecule has 0 radical (unpaired) electrons. The summed E-state index contributed by atoms with van der Waals surface area (Å²) in [7, 11) is 0. The molecule has 0 aliphatic rings. The fourth-order valence-electron chi connectivity index (χ4n) is 2.34. The Morgan fingerprint density at radius 1 is 1.14 bits per heavy atom. The number of aryl methyl sites for hydroxylation is 1. The molecule has 1 aromatic heterocycles. The molecule has 0 aliphatic carbocycles. The van der Waals surface area contributed by atoms with Gasteiger partial charge in [-0.2, -0.15) is 0 Å². The molecule has 0 fully saturated rings. The molecule has 0 spiro atoms. The Morgan fingerprint density at radius 3 is 2.77 bits per heavy atom. The van der Waals surface area contributed by atoms with Gasteiger partial charge in [-0.3, -0.25) is 0 Å². The molecule has 0 saturated carbocycles. The van der Waals surface area contributed by atoms with Crippen LogP contribution in [-0.2, 0) is 5.75 Å². The van der Waals surface area contributed by atoms with Crippen LogP contribution in [0.2, 0.25) is 0 Å². The van der Waals surface area contributed by atoms with Gasteiger partial charge >= 0.3 is 5.97 Å². The van der Waals surface area contributed by atoms with E-state index in [2.05, 4.69) is 24.0 Å². The molecular weight excluding hydrogens is 294 g/mol. The third-order valence-electron chi connectivity index (χ3n) is 3.46. The second kappa shape index (κ2) is 6.20. The van der Waals surface area contributed by atoms with Crippen LogP contribution in [0.4, 0.5) is 0 Å². The number of hydrogen-bond acceptors (Lipinski definition) is 3. The van der Waals surface area contributed by atoms with Crippen molar-refractivity contribution in [1.29, 1.82) is 0 Å². The van der Waals surface area contributed by atoms with Gasteiger partial charge in [0.05, 0.1) is 16.1 Å². The van der Waals surface area contributed by atoms with Crippen molar-refractivity contribution >= 4 is 28.6 Å². The van der Waals surface area contributed by atoms with Gasteiger partial charge in [0, 0.05) is 11.1 Å². The zero-order chi connectivity index (χ0) is 15.5. The highest BCUT2D eigenvalue weighted by molar-refractivity contribution is 7.98. The van der Waals surface area contributed by atoms with E-state index in [1.54, 1.807) is 30.0 Å². The molecule has 3 aromatic rings. The first-order valence-electron chi connectivity index (χ1n) is 6.95. The molecule has 1 heterocycles. The first-order valence-corrected chi connectivity index (χ1v) is 7.93. The number of carbonyl (C=O) groups is 1. The minimum atomic E-state index is -0.897. The number of fused-ring (bicyclic) bond motifs is 1. The number of benzene rings is 2. The number of carboxylic acid groups (broad SMARTS) is 1. The molecule has 3 rings (SSSR count). The number of nitrogens with zero attached hydrogens (tertiary/aromatic N) is 1. The van der Waals surface area contributed by atoms with E-state index >= 15 is 0 Å². The van der Waals surface area contributed by atoms with Crippen molar-refractivity contribution in [3.63, 3.8) is 0 Å². The highest BCUT2D eigenvalue weighted by Crippen LogP contribution is 2.26. The fourth-order valence-corrected chi connectivity index (χ4v) is 3.26. The van der Waals surface area contributed by atoms with Crippen LogP contribution in [0.3, 0.4) is 0 Å². The first kappa shape index (κ1) is 14.6. The zero-order valence-corrected chi connectivity index (χ0v) is 12.9. The van der Waals surface area contributed by atoms with Crippen molar-refractivity contribution in [2.24, 2.45) is 0 Å². The van der Waals surface area contributed by atoms with Crippen LogP contribution in [0.15, 0.2) is 59.6 Å². The lowest BCUT2D eigenvalue weighted by molar-refractivity contribution is 0.0697. The lowest BCUT2D eigenvalue weighted by Gasteiger charge is -2.06. The van der Waals surface area contributed by atoms with Crippen molar-refractivity contribution in [3.8, 4) is 0 Å². The summed E-state index contributed by atoms with van der Waals surface area (Å²) < 4.78 is 0. The summed E-state index contributed by atoms with van der Waals surface area (Å²) >= 11 is 1.62. The lowest BCUT2D eigenvalue weighted by atomic mass is 10.1. The Morgan fingerprint density at radius 2 is 1.95 bits per heavy atom. The lowest BCUT2D eigenvalue weighted by Crippen LogP contribution is -1.96. The van der Waals surface area contributed by atoms with Gasteiger partial charge in [0.15, 0.2) is 0 Å². The van der Waals surface area contributed by atoms with Crippen LogP contribution < -0.4 is 0 Å². The SMILES string of the molecule is Cc1cc(SCc2cccc(C(=O)O)c2)nc2ccccc12. The van der Waals surface area contributed by atoms with E-state index in [0.29, 0.717) is 11.3 Å². The van der Waals surface area contributed by atoms with Crippen LogP contribution in [0.1, 0.15) is 21.5 Å². The van der Waals surface area contributed by atoms with Crippen LogP contribution in [0, 0.1) is 6.92 Å². The van der Waals surface area contributed by atoms with Gasteiger partial charge in [-0.25, -0.2) is 9.78 Å². The standard InChI is InChI=1S/C18H15NO2S/c1-12-9-17(19-16-8-3-2-7-15(12)16)22-11-13-5-4-6-14(10-13)18(20)21/h2-10H,11H2,1H3,(H,20,21). The molecule has 4 heteroatoms. The van der Waals surface area contributed by atoms with Crippen molar-refractivity contribution in [3.05, 3.63) is 71.3 Å². The summed E-state index contributed by atoms with van der Waals surface area (Å²) in [6.45, 7) is 2.08. The zero-order valence-electron chi connectivity index (χ0n) is 12.1. The first-order chi connectivity index (χ1) is 10.6. The Labute approximate surface area is 133 Å². The summed E-state index contributed by atoms with van der Waals surface area (Å²) in [4.78, 5) is 15.7. The Kier molecular flexibility index (Phi) is 4.11. The van der Waals surface area contributed by atoms with Gasteiger partial charge < -0.3 is 5.11 Å². The second-order valence-electron chi connectivity index (χ2n) is 5.09. The number of thioether (sulfide) groups is 1. The van der Waals surface area contributed by atoms with Crippen LogP contribution >= 0.6 is 11.8 Å². The highest BCUT2D eigenvalue weighted by atomic mass is 32.2. The Balaban J connectivity index is 1.82. The van der Waals surface area contributed by atoms with E-state index in [9.17, 15) is 4.79 Å². The predicted octanol–water partition coefficient (Wildman–Crippen LogP) is 4.53. The predicted molar refractivity (Wildman–Crippen MR) is 89.4 cm³/mol.